The highest BCUT2D eigenvalue weighted by Crippen LogP contribution is 2.16. The first kappa shape index (κ1) is 7.84. The fourth-order valence-corrected chi connectivity index (χ4v) is 0.879. The van der Waals surface area contributed by atoms with Crippen LogP contribution in [0.4, 0.5) is 17.1 Å². The standard InChI is InChI=1S/C7H11N3O/c1-10(11)7-4-5(8)2-3-6(7)9/h2-4,10H,8-9H2,1H3. The molecule has 0 saturated carbocycles. The van der Waals surface area contributed by atoms with E-state index in [1.54, 1.807) is 18.2 Å². The van der Waals surface area contributed by atoms with Gasteiger partial charge in [0, 0.05) is 11.8 Å². The molecule has 0 aliphatic heterocycles. The van der Waals surface area contributed by atoms with Gasteiger partial charge in [-0.25, -0.2) is 0 Å². The summed E-state index contributed by atoms with van der Waals surface area (Å²) in [6.07, 6.45) is 0. The molecule has 0 bridgehead atoms. The summed E-state index contributed by atoms with van der Waals surface area (Å²) in [7, 11) is 1.46. The SMILES string of the molecule is C[NH+]([O-])c1cc(N)ccc1N. The maximum atomic E-state index is 10.9. The third kappa shape index (κ3) is 1.60. The molecule has 0 aliphatic rings. The van der Waals surface area contributed by atoms with E-state index in [0.29, 0.717) is 17.1 Å². The molecule has 0 fully saturated rings. The summed E-state index contributed by atoms with van der Waals surface area (Å²) in [6, 6.07) is 4.88. The molecule has 1 atom stereocenters. The summed E-state index contributed by atoms with van der Waals surface area (Å²) in [5.74, 6) is 0. The van der Waals surface area contributed by atoms with Gasteiger partial charge < -0.3 is 21.7 Å². The molecule has 1 unspecified atom stereocenters. The first-order valence-electron chi connectivity index (χ1n) is 3.27. The Morgan fingerprint density at radius 3 is 2.45 bits per heavy atom. The van der Waals surface area contributed by atoms with E-state index in [1.165, 1.54) is 7.05 Å². The third-order valence-corrected chi connectivity index (χ3v) is 1.46. The molecule has 0 spiro atoms. The van der Waals surface area contributed by atoms with Crippen LogP contribution < -0.4 is 16.5 Å². The summed E-state index contributed by atoms with van der Waals surface area (Å²) >= 11 is 0. The molecular weight excluding hydrogens is 142 g/mol. The first-order valence-corrected chi connectivity index (χ1v) is 3.27. The lowest BCUT2D eigenvalue weighted by Crippen LogP contribution is -2.98. The minimum absolute atomic E-state index is 0.0604. The van der Waals surface area contributed by atoms with Crippen LogP contribution in [0.2, 0.25) is 0 Å². The van der Waals surface area contributed by atoms with Crippen molar-refractivity contribution in [3.8, 4) is 0 Å². The van der Waals surface area contributed by atoms with E-state index in [0.717, 1.165) is 0 Å². The average molecular weight is 153 g/mol. The number of benzene rings is 1. The highest BCUT2D eigenvalue weighted by atomic mass is 16.5. The van der Waals surface area contributed by atoms with Crippen molar-refractivity contribution in [3.05, 3.63) is 23.4 Å². The van der Waals surface area contributed by atoms with Gasteiger partial charge >= 0.3 is 0 Å². The monoisotopic (exact) mass is 153 g/mol. The van der Waals surface area contributed by atoms with E-state index < -0.39 is 0 Å². The number of hydrogen-bond donors (Lipinski definition) is 3. The largest absolute Gasteiger partial charge is 0.629 e. The maximum absolute atomic E-state index is 10.9. The minimum Gasteiger partial charge on any atom is -0.629 e. The fraction of sp³-hybridized carbons (Fsp3) is 0.143. The van der Waals surface area contributed by atoms with E-state index in [4.69, 9.17) is 11.5 Å². The fourth-order valence-electron chi connectivity index (χ4n) is 0.879. The van der Waals surface area contributed by atoms with Crippen molar-refractivity contribution in [1.82, 2.24) is 0 Å². The molecule has 4 heteroatoms. The van der Waals surface area contributed by atoms with Gasteiger partial charge in [0.1, 0.15) is 0 Å². The number of nitrogen functional groups attached to an aromatic ring is 2. The van der Waals surface area contributed by atoms with Crippen LogP contribution in [0, 0.1) is 5.21 Å². The van der Waals surface area contributed by atoms with Crippen LogP contribution in [-0.4, -0.2) is 7.05 Å². The molecule has 0 aliphatic carbocycles. The lowest BCUT2D eigenvalue weighted by Gasteiger charge is -2.17. The number of hydrogen-bond acceptors (Lipinski definition) is 3. The molecule has 1 aromatic carbocycles. The molecule has 11 heavy (non-hydrogen) atoms. The molecule has 1 rings (SSSR count). The van der Waals surface area contributed by atoms with Crippen molar-refractivity contribution in [2.75, 3.05) is 18.5 Å². The Hall–Kier alpha value is -1.26. The van der Waals surface area contributed by atoms with Gasteiger partial charge in [-0.05, 0) is 12.1 Å². The quantitative estimate of drug-likeness (QED) is 0.375. The van der Waals surface area contributed by atoms with Crippen LogP contribution in [0.3, 0.4) is 0 Å². The van der Waals surface area contributed by atoms with Crippen LogP contribution in [0.1, 0.15) is 0 Å². The van der Waals surface area contributed by atoms with Crippen molar-refractivity contribution in [2.45, 2.75) is 0 Å². The second-order valence-electron chi connectivity index (χ2n) is 2.40. The molecule has 1 aromatic rings. The van der Waals surface area contributed by atoms with Crippen LogP contribution >= 0.6 is 0 Å². The summed E-state index contributed by atoms with van der Waals surface area (Å²) in [4.78, 5) is 0. The van der Waals surface area contributed by atoms with Gasteiger partial charge in [0.25, 0.3) is 0 Å². The van der Waals surface area contributed by atoms with Crippen molar-refractivity contribution in [2.24, 2.45) is 0 Å². The van der Waals surface area contributed by atoms with Gasteiger partial charge in [0.2, 0.25) is 0 Å². The summed E-state index contributed by atoms with van der Waals surface area (Å²) < 4.78 is 0. The molecule has 0 amide bonds. The van der Waals surface area contributed by atoms with Crippen LogP contribution in [-0.2, 0) is 0 Å². The molecule has 0 aromatic heterocycles. The number of quaternary nitrogens is 1. The highest BCUT2D eigenvalue weighted by Gasteiger charge is 2.02. The predicted octanol–water partition coefficient (Wildman–Crippen LogP) is -0.505. The molecular formula is C7H11N3O. The number of nitrogens with two attached hydrogens (primary N) is 2. The van der Waals surface area contributed by atoms with Crippen molar-refractivity contribution in [1.29, 1.82) is 0 Å². The molecule has 60 valence electrons. The Balaban J connectivity index is 3.13. The van der Waals surface area contributed by atoms with Gasteiger partial charge in [-0.2, -0.15) is 0 Å². The summed E-state index contributed by atoms with van der Waals surface area (Å²) in [5.41, 5.74) is 12.5. The van der Waals surface area contributed by atoms with Crippen molar-refractivity contribution in [3.63, 3.8) is 0 Å². The Kier molecular flexibility index (Phi) is 1.98. The Labute approximate surface area is 65.0 Å². The van der Waals surface area contributed by atoms with Gasteiger partial charge in [0.05, 0.1) is 12.7 Å². The Morgan fingerprint density at radius 1 is 1.36 bits per heavy atom. The first-order chi connectivity index (χ1) is 5.11. The lowest BCUT2D eigenvalue weighted by molar-refractivity contribution is -0.750. The lowest BCUT2D eigenvalue weighted by atomic mass is 10.2. The minimum atomic E-state index is -0.0604. The van der Waals surface area contributed by atoms with E-state index in [2.05, 4.69) is 0 Å². The number of anilines is 2. The second-order valence-corrected chi connectivity index (χ2v) is 2.40. The zero-order chi connectivity index (χ0) is 8.43. The van der Waals surface area contributed by atoms with Gasteiger partial charge in [-0.1, -0.05) is 0 Å². The van der Waals surface area contributed by atoms with E-state index in [9.17, 15) is 5.21 Å². The predicted molar refractivity (Wildman–Crippen MR) is 45.2 cm³/mol. The smallest absolute Gasteiger partial charge is 0.156 e. The van der Waals surface area contributed by atoms with Crippen molar-refractivity contribution < 1.29 is 5.06 Å². The zero-order valence-electron chi connectivity index (χ0n) is 6.29. The molecule has 4 nitrogen and oxygen atoms in total. The van der Waals surface area contributed by atoms with Gasteiger partial charge in [-0.15, -0.1) is 0 Å². The molecule has 0 heterocycles. The Morgan fingerprint density at radius 2 is 2.00 bits per heavy atom. The Bertz CT molecular complexity index is 260. The summed E-state index contributed by atoms with van der Waals surface area (Å²) in [6.45, 7) is 0. The zero-order valence-corrected chi connectivity index (χ0v) is 6.29. The molecule has 5 N–H and O–H groups in total. The number of hydroxylamine groups is 1. The average Bonchev–Trinajstić information content (AvgIpc) is 1.94. The van der Waals surface area contributed by atoms with E-state index in [-0.39, 0.29) is 5.06 Å². The topological polar surface area (TPSA) is 79.5 Å². The van der Waals surface area contributed by atoms with Crippen LogP contribution in [0.15, 0.2) is 18.2 Å². The third-order valence-electron chi connectivity index (χ3n) is 1.46. The van der Waals surface area contributed by atoms with Crippen LogP contribution in [0.5, 0.6) is 0 Å². The summed E-state index contributed by atoms with van der Waals surface area (Å²) in [5, 5.41) is 10.8. The maximum Gasteiger partial charge on any atom is 0.156 e. The van der Waals surface area contributed by atoms with E-state index >= 15 is 0 Å². The highest BCUT2D eigenvalue weighted by molar-refractivity contribution is 5.63. The normalized spacial score (nSPS) is 12.9. The van der Waals surface area contributed by atoms with Gasteiger partial charge in [-0.3, -0.25) is 0 Å². The number of rotatable bonds is 1. The van der Waals surface area contributed by atoms with Crippen molar-refractivity contribution >= 4 is 17.1 Å². The number of nitrogens with one attached hydrogen (secondary N) is 1. The van der Waals surface area contributed by atoms with Crippen LogP contribution in [0.25, 0.3) is 0 Å². The second kappa shape index (κ2) is 2.77. The van der Waals surface area contributed by atoms with Gasteiger partial charge in [0.15, 0.2) is 5.69 Å². The molecule has 0 radical (unpaired) electrons. The molecule has 0 saturated heterocycles. The van der Waals surface area contributed by atoms with E-state index in [1.807, 2.05) is 0 Å².